The van der Waals surface area contributed by atoms with Gasteiger partial charge in [0.05, 0.1) is 5.56 Å². The number of esters is 1. The Morgan fingerprint density at radius 1 is 0.963 bits per heavy atom. The monoisotopic (exact) mass is 376 g/mol. The molecule has 0 aliphatic heterocycles. The topological polar surface area (TPSA) is 61.8 Å². The van der Waals surface area contributed by atoms with Crippen molar-refractivity contribution < 1.29 is 24.1 Å². The van der Waals surface area contributed by atoms with Crippen LogP contribution in [0.4, 0.5) is 0 Å². The Bertz CT molecular complexity index is 567. The van der Waals surface area contributed by atoms with E-state index >= 15 is 0 Å². The molecule has 0 heterocycles. The summed E-state index contributed by atoms with van der Waals surface area (Å²) < 4.78 is 5.22. The summed E-state index contributed by atoms with van der Waals surface area (Å²) >= 11 is 0. The van der Waals surface area contributed by atoms with Crippen molar-refractivity contribution in [2.45, 2.75) is 77.9 Å². The van der Waals surface area contributed by atoms with Crippen LogP contribution in [0.25, 0.3) is 0 Å². The third-order valence-electron chi connectivity index (χ3n) is 4.12. The lowest BCUT2D eigenvalue weighted by Crippen LogP contribution is -2.23. The average molecular weight is 376 g/mol. The molecule has 0 amide bonds. The van der Waals surface area contributed by atoms with Gasteiger partial charge in [-0.05, 0) is 25.5 Å². The molecular formula is C22H32O5. The molecule has 1 rings (SSSR count). The molecule has 1 aromatic rings. The van der Waals surface area contributed by atoms with Crippen molar-refractivity contribution in [2.24, 2.45) is 0 Å². The summed E-state index contributed by atoms with van der Waals surface area (Å²) in [5.74, 6) is -1.18. The van der Waals surface area contributed by atoms with Gasteiger partial charge in [-0.25, -0.2) is 9.59 Å². The summed E-state index contributed by atoms with van der Waals surface area (Å²) in [5.41, 5.74) is 0.642. The van der Waals surface area contributed by atoms with Gasteiger partial charge in [-0.2, -0.15) is 0 Å². The van der Waals surface area contributed by atoms with Crippen LogP contribution in [-0.2, 0) is 19.3 Å². The van der Waals surface area contributed by atoms with E-state index in [2.05, 4.69) is 13.5 Å². The Hall–Kier alpha value is -2.14. The molecule has 0 bridgehead atoms. The molecule has 1 unspecified atom stereocenters. The Morgan fingerprint density at radius 3 is 2.15 bits per heavy atom. The maximum absolute atomic E-state index is 12.0. The van der Waals surface area contributed by atoms with Crippen molar-refractivity contribution in [3.8, 4) is 0 Å². The molecule has 5 heteroatoms. The third-order valence-corrected chi connectivity index (χ3v) is 4.12. The smallest absolute Gasteiger partial charge is 0.373 e. The molecular weight excluding hydrogens is 344 g/mol. The molecule has 0 aliphatic carbocycles. The van der Waals surface area contributed by atoms with Crippen molar-refractivity contribution in [1.29, 1.82) is 0 Å². The predicted octanol–water partition coefficient (Wildman–Crippen LogP) is 5.75. The van der Waals surface area contributed by atoms with E-state index in [-0.39, 0.29) is 5.57 Å². The van der Waals surface area contributed by atoms with E-state index in [0.29, 0.717) is 12.0 Å². The highest BCUT2D eigenvalue weighted by molar-refractivity contribution is 5.89. The average Bonchev–Trinajstić information content (AvgIpc) is 2.68. The molecule has 5 nitrogen and oxygen atoms in total. The van der Waals surface area contributed by atoms with E-state index in [1.807, 2.05) is 0 Å². The lowest BCUT2D eigenvalue weighted by molar-refractivity contribution is -0.331. The van der Waals surface area contributed by atoms with Gasteiger partial charge < -0.3 is 4.74 Å². The van der Waals surface area contributed by atoms with E-state index < -0.39 is 18.2 Å². The highest BCUT2D eigenvalue weighted by Crippen LogP contribution is 2.14. The fraction of sp³-hybridized carbons (Fsp3) is 0.545. The minimum atomic E-state index is -0.929. The molecule has 0 fully saturated rings. The standard InChI is InChI=1S/C22H32O5/c1-4-5-6-7-8-9-10-14-17-20(25-21(23)18(2)3)26-27-22(24)19-15-12-11-13-16-19/h11-13,15-16,20H,2,4-10,14,17H2,1,3H3. The first-order chi connectivity index (χ1) is 13.0. The van der Waals surface area contributed by atoms with Gasteiger partial charge in [0.15, 0.2) is 0 Å². The van der Waals surface area contributed by atoms with Crippen LogP contribution in [0.15, 0.2) is 42.5 Å². The molecule has 1 atom stereocenters. The Morgan fingerprint density at radius 2 is 1.56 bits per heavy atom. The number of hydrogen-bond donors (Lipinski definition) is 0. The van der Waals surface area contributed by atoms with E-state index in [1.54, 1.807) is 37.3 Å². The number of benzene rings is 1. The molecule has 0 aliphatic rings. The van der Waals surface area contributed by atoms with Crippen LogP contribution in [0.1, 0.15) is 82.0 Å². The highest BCUT2D eigenvalue weighted by atomic mass is 17.2. The fourth-order valence-corrected chi connectivity index (χ4v) is 2.51. The van der Waals surface area contributed by atoms with Crippen molar-refractivity contribution in [3.05, 3.63) is 48.0 Å². The van der Waals surface area contributed by atoms with Crippen LogP contribution >= 0.6 is 0 Å². The van der Waals surface area contributed by atoms with Gasteiger partial charge in [-0.1, -0.05) is 76.6 Å². The van der Waals surface area contributed by atoms with Crippen molar-refractivity contribution in [1.82, 2.24) is 0 Å². The number of rotatable bonds is 14. The molecule has 27 heavy (non-hydrogen) atoms. The Kier molecular flexibility index (Phi) is 11.9. The minimum Gasteiger partial charge on any atom is -0.428 e. The highest BCUT2D eigenvalue weighted by Gasteiger charge is 2.19. The maximum atomic E-state index is 12.0. The van der Waals surface area contributed by atoms with Crippen LogP contribution in [0.2, 0.25) is 0 Å². The summed E-state index contributed by atoms with van der Waals surface area (Å²) in [7, 11) is 0. The van der Waals surface area contributed by atoms with E-state index in [1.165, 1.54) is 32.1 Å². The fourth-order valence-electron chi connectivity index (χ4n) is 2.51. The SMILES string of the molecule is C=C(C)C(=O)OC(CCCCCCCCCC)OOC(=O)c1ccccc1. The molecule has 0 N–H and O–H groups in total. The van der Waals surface area contributed by atoms with Gasteiger partial charge in [0.25, 0.3) is 0 Å². The summed E-state index contributed by atoms with van der Waals surface area (Å²) in [6, 6.07) is 8.51. The second-order valence-corrected chi connectivity index (χ2v) is 6.71. The summed E-state index contributed by atoms with van der Waals surface area (Å²) in [5, 5.41) is 0. The van der Waals surface area contributed by atoms with Crippen LogP contribution in [0.5, 0.6) is 0 Å². The van der Waals surface area contributed by atoms with Crippen LogP contribution in [0.3, 0.4) is 0 Å². The van der Waals surface area contributed by atoms with Crippen molar-refractivity contribution >= 4 is 11.9 Å². The summed E-state index contributed by atoms with van der Waals surface area (Å²) in [4.78, 5) is 33.7. The molecule has 0 radical (unpaired) electrons. The molecule has 0 saturated heterocycles. The van der Waals surface area contributed by atoms with Gasteiger partial charge in [0.2, 0.25) is 6.29 Å². The number of unbranched alkanes of at least 4 members (excludes halogenated alkanes) is 7. The normalized spacial score (nSPS) is 11.6. The number of hydrogen-bond acceptors (Lipinski definition) is 5. The third kappa shape index (κ3) is 10.6. The summed E-state index contributed by atoms with van der Waals surface area (Å²) in [6.07, 6.45) is 8.80. The molecule has 0 aromatic heterocycles. The molecule has 0 spiro atoms. The van der Waals surface area contributed by atoms with Crippen molar-refractivity contribution in [3.63, 3.8) is 0 Å². The zero-order chi connectivity index (χ0) is 19.9. The minimum absolute atomic E-state index is 0.272. The molecule has 1 aromatic carbocycles. The van der Waals surface area contributed by atoms with Gasteiger partial charge >= 0.3 is 11.9 Å². The number of ether oxygens (including phenoxy) is 1. The Labute approximate surface area is 162 Å². The van der Waals surface area contributed by atoms with Crippen LogP contribution in [0, 0.1) is 0 Å². The van der Waals surface area contributed by atoms with Gasteiger partial charge in [-0.15, -0.1) is 4.89 Å². The lowest BCUT2D eigenvalue weighted by Gasteiger charge is -2.16. The van der Waals surface area contributed by atoms with Gasteiger partial charge in [-0.3, -0.25) is 4.89 Å². The van der Waals surface area contributed by atoms with Crippen LogP contribution < -0.4 is 0 Å². The predicted molar refractivity (Wildman–Crippen MR) is 105 cm³/mol. The van der Waals surface area contributed by atoms with Gasteiger partial charge in [0.1, 0.15) is 0 Å². The lowest BCUT2D eigenvalue weighted by atomic mass is 10.1. The van der Waals surface area contributed by atoms with Gasteiger partial charge in [0, 0.05) is 12.0 Å². The van der Waals surface area contributed by atoms with E-state index in [9.17, 15) is 9.59 Å². The first-order valence-electron chi connectivity index (χ1n) is 9.83. The zero-order valence-electron chi connectivity index (χ0n) is 16.6. The first kappa shape index (κ1) is 22.9. The van der Waals surface area contributed by atoms with E-state index in [0.717, 1.165) is 19.3 Å². The number of carbonyl (C=O) groups is 2. The second kappa shape index (κ2) is 14.0. The number of carbonyl (C=O) groups excluding carboxylic acids is 2. The van der Waals surface area contributed by atoms with Crippen molar-refractivity contribution in [2.75, 3.05) is 0 Å². The quantitative estimate of drug-likeness (QED) is 0.103. The first-order valence-corrected chi connectivity index (χ1v) is 9.83. The largest absolute Gasteiger partial charge is 0.428 e. The Balaban J connectivity index is 2.37. The molecule has 150 valence electrons. The van der Waals surface area contributed by atoms with Crippen LogP contribution in [-0.4, -0.2) is 18.2 Å². The summed E-state index contributed by atoms with van der Waals surface area (Å²) in [6.45, 7) is 7.32. The zero-order valence-corrected chi connectivity index (χ0v) is 16.6. The second-order valence-electron chi connectivity index (χ2n) is 6.71. The maximum Gasteiger partial charge on any atom is 0.373 e. The molecule has 0 saturated carbocycles. The van der Waals surface area contributed by atoms with E-state index in [4.69, 9.17) is 14.5 Å².